The van der Waals surface area contributed by atoms with E-state index in [9.17, 15) is 0 Å². The molecule has 0 spiro atoms. The molecule has 0 saturated carbocycles. The van der Waals surface area contributed by atoms with E-state index >= 15 is 0 Å². The zero-order valence-corrected chi connectivity index (χ0v) is 32.1. The van der Waals surface area contributed by atoms with Crippen LogP contribution >= 0.6 is 11.3 Å². The summed E-state index contributed by atoms with van der Waals surface area (Å²) in [6.45, 7) is 0. The lowest BCUT2D eigenvalue weighted by Gasteiger charge is -2.26. The average molecular weight is 747 g/mol. The van der Waals surface area contributed by atoms with Crippen LogP contribution in [0.4, 0.5) is 34.1 Å². The van der Waals surface area contributed by atoms with Crippen LogP contribution in [0.25, 0.3) is 53.6 Å². The molecule has 9 aromatic carbocycles. The Morgan fingerprint density at radius 1 is 0.263 bits per heavy atom. The van der Waals surface area contributed by atoms with Crippen molar-refractivity contribution in [2.24, 2.45) is 0 Å². The molecule has 3 heteroatoms. The van der Waals surface area contributed by atoms with Gasteiger partial charge in [-0.3, -0.25) is 0 Å². The fraction of sp³-hybridized carbons (Fsp3) is 0. The van der Waals surface area contributed by atoms with Gasteiger partial charge in [0.2, 0.25) is 0 Å². The predicted molar refractivity (Wildman–Crippen MR) is 245 cm³/mol. The summed E-state index contributed by atoms with van der Waals surface area (Å²) in [6, 6.07) is 83.0. The third-order valence-electron chi connectivity index (χ3n) is 10.6. The molecule has 0 unspecified atom stereocenters. The van der Waals surface area contributed by atoms with E-state index in [1.54, 1.807) is 0 Å². The zero-order chi connectivity index (χ0) is 38.0. The molecule has 2 nitrogen and oxygen atoms in total. The van der Waals surface area contributed by atoms with Gasteiger partial charge in [-0.25, -0.2) is 0 Å². The monoisotopic (exact) mass is 746 g/mol. The van der Waals surface area contributed by atoms with Gasteiger partial charge in [0.05, 0.1) is 0 Å². The van der Waals surface area contributed by atoms with E-state index in [2.05, 4.69) is 240 Å². The summed E-state index contributed by atoms with van der Waals surface area (Å²) in [7, 11) is 0. The van der Waals surface area contributed by atoms with Crippen LogP contribution in [0.3, 0.4) is 0 Å². The highest BCUT2D eigenvalue weighted by molar-refractivity contribution is 7.26. The minimum Gasteiger partial charge on any atom is -0.310 e. The van der Waals surface area contributed by atoms with E-state index in [0.717, 1.165) is 39.7 Å². The Morgan fingerprint density at radius 3 is 1.23 bits per heavy atom. The fourth-order valence-corrected chi connectivity index (χ4v) is 9.15. The molecule has 0 amide bonds. The van der Waals surface area contributed by atoms with Gasteiger partial charge in [0.25, 0.3) is 0 Å². The number of anilines is 6. The summed E-state index contributed by atoms with van der Waals surface area (Å²) in [4.78, 5) is 4.70. The van der Waals surface area contributed by atoms with Crippen molar-refractivity contribution < 1.29 is 0 Å². The van der Waals surface area contributed by atoms with E-state index in [1.165, 1.54) is 48.0 Å². The summed E-state index contributed by atoms with van der Waals surface area (Å²) in [5.74, 6) is 0. The molecule has 0 atom stereocenters. The molecule has 0 aliphatic carbocycles. The Hall–Kier alpha value is -7.20. The quantitative estimate of drug-likeness (QED) is 0.145. The number of benzene rings is 9. The standard InChI is InChI=1S/C54H38N2S/c1-5-18-39(19-6-1)40-20-15-29-47(34-40)56(46-27-11-4-12-28-46)48-30-16-21-41(35-48)43-37-51(54-52(38-43)50-32-13-14-33-53(50)57-54)42-22-17-31-49(36-42)55(44-23-7-2-8-24-44)45-25-9-3-10-26-45/h1-38H. The van der Waals surface area contributed by atoms with Gasteiger partial charge in [-0.2, -0.15) is 0 Å². The highest BCUT2D eigenvalue weighted by atomic mass is 32.1. The average Bonchev–Trinajstić information content (AvgIpc) is 3.67. The SMILES string of the molecule is c1ccc(-c2cccc(N(c3ccccc3)c3cccc(-c4cc(-c5cccc(N(c6ccccc6)c6ccccc6)c5)c5sc6ccccc6c5c4)c3)c2)cc1. The molecule has 0 fully saturated rings. The number of rotatable bonds is 9. The van der Waals surface area contributed by atoms with Gasteiger partial charge in [-0.1, -0.05) is 140 Å². The van der Waals surface area contributed by atoms with Gasteiger partial charge >= 0.3 is 0 Å². The number of fused-ring (bicyclic) bond motifs is 3. The van der Waals surface area contributed by atoms with Crippen LogP contribution in [0.15, 0.2) is 231 Å². The topological polar surface area (TPSA) is 6.48 Å². The highest BCUT2D eigenvalue weighted by Crippen LogP contribution is 2.45. The molecule has 1 aromatic heterocycles. The zero-order valence-electron chi connectivity index (χ0n) is 31.2. The van der Waals surface area contributed by atoms with Gasteiger partial charge in [0, 0.05) is 59.9 Å². The first kappa shape index (κ1) is 34.3. The van der Waals surface area contributed by atoms with Crippen molar-refractivity contribution in [1.29, 1.82) is 0 Å². The van der Waals surface area contributed by atoms with Crippen molar-refractivity contribution in [3.8, 4) is 33.4 Å². The first-order valence-corrected chi connectivity index (χ1v) is 20.2. The second kappa shape index (κ2) is 15.1. The van der Waals surface area contributed by atoms with Gasteiger partial charge in [-0.05, 0) is 119 Å². The smallest absolute Gasteiger partial charge is 0.0467 e. The predicted octanol–water partition coefficient (Wildman–Crippen LogP) is 16.0. The van der Waals surface area contributed by atoms with Gasteiger partial charge in [0.15, 0.2) is 0 Å². The molecule has 0 radical (unpaired) electrons. The van der Waals surface area contributed by atoms with Crippen molar-refractivity contribution in [2.75, 3.05) is 9.80 Å². The van der Waals surface area contributed by atoms with Gasteiger partial charge in [-0.15, -0.1) is 11.3 Å². The summed E-state index contributed by atoms with van der Waals surface area (Å²) in [5.41, 5.74) is 13.8. The molecule has 10 rings (SSSR count). The van der Waals surface area contributed by atoms with Crippen LogP contribution in [0.5, 0.6) is 0 Å². The van der Waals surface area contributed by atoms with E-state index in [1.807, 2.05) is 11.3 Å². The minimum atomic E-state index is 1.10. The lowest BCUT2D eigenvalue weighted by Crippen LogP contribution is -2.10. The Kier molecular flexibility index (Phi) is 9.11. The number of nitrogens with zero attached hydrogens (tertiary/aromatic N) is 2. The molecule has 10 aromatic rings. The second-order valence-electron chi connectivity index (χ2n) is 14.2. The van der Waals surface area contributed by atoms with Crippen molar-refractivity contribution in [2.45, 2.75) is 0 Å². The Labute approximate surface area is 337 Å². The van der Waals surface area contributed by atoms with Crippen LogP contribution < -0.4 is 9.80 Å². The Balaban J connectivity index is 1.13. The third kappa shape index (κ3) is 6.75. The largest absolute Gasteiger partial charge is 0.310 e. The first-order chi connectivity index (χ1) is 28.3. The van der Waals surface area contributed by atoms with Crippen LogP contribution in [-0.4, -0.2) is 0 Å². The third-order valence-corrected chi connectivity index (χ3v) is 11.8. The molecule has 0 aliphatic heterocycles. The van der Waals surface area contributed by atoms with Crippen LogP contribution in [-0.2, 0) is 0 Å². The fourth-order valence-electron chi connectivity index (χ4n) is 7.93. The van der Waals surface area contributed by atoms with Crippen molar-refractivity contribution in [3.63, 3.8) is 0 Å². The van der Waals surface area contributed by atoms with Gasteiger partial charge < -0.3 is 9.80 Å². The molecule has 1 heterocycles. The molecule has 0 saturated heterocycles. The maximum Gasteiger partial charge on any atom is 0.0467 e. The highest BCUT2D eigenvalue weighted by Gasteiger charge is 2.19. The lowest BCUT2D eigenvalue weighted by atomic mass is 9.95. The van der Waals surface area contributed by atoms with Crippen LogP contribution in [0.1, 0.15) is 0 Å². The number of hydrogen-bond donors (Lipinski definition) is 0. The molecule has 0 bridgehead atoms. The maximum absolute atomic E-state index is 2.40. The number of hydrogen-bond acceptors (Lipinski definition) is 3. The summed E-state index contributed by atoms with van der Waals surface area (Å²) in [5, 5.41) is 2.56. The van der Waals surface area contributed by atoms with Crippen molar-refractivity contribution in [3.05, 3.63) is 231 Å². The van der Waals surface area contributed by atoms with Crippen LogP contribution in [0.2, 0.25) is 0 Å². The molecule has 57 heavy (non-hydrogen) atoms. The van der Waals surface area contributed by atoms with Gasteiger partial charge in [0.1, 0.15) is 0 Å². The van der Waals surface area contributed by atoms with Crippen molar-refractivity contribution >= 4 is 65.6 Å². The minimum absolute atomic E-state index is 1.10. The van der Waals surface area contributed by atoms with E-state index in [-0.39, 0.29) is 0 Å². The number of para-hydroxylation sites is 3. The van der Waals surface area contributed by atoms with Crippen molar-refractivity contribution in [1.82, 2.24) is 0 Å². The molecular weight excluding hydrogens is 709 g/mol. The lowest BCUT2D eigenvalue weighted by molar-refractivity contribution is 1.28. The molecule has 0 aliphatic rings. The Morgan fingerprint density at radius 2 is 0.667 bits per heavy atom. The normalized spacial score (nSPS) is 11.2. The molecular formula is C54H38N2S. The first-order valence-electron chi connectivity index (χ1n) is 19.3. The molecule has 270 valence electrons. The van der Waals surface area contributed by atoms with E-state index < -0.39 is 0 Å². The van der Waals surface area contributed by atoms with E-state index in [0.29, 0.717) is 0 Å². The second-order valence-corrected chi connectivity index (χ2v) is 15.2. The summed E-state index contributed by atoms with van der Waals surface area (Å²) < 4.78 is 2.59. The summed E-state index contributed by atoms with van der Waals surface area (Å²) in [6.07, 6.45) is 0. The maximum atomic E-state index is 2.40. The summed E-state index contributed by atoms with van der Waals surface area (Å²) >= 11 is 1.87. The van der Waals surface area contributed by atoms with Crippen LogP contribution in [0, 0.1) is 0 Å². The van der Waals surface area contributed by atoms with E-state index in [4.69, 9.17) is 0 Å². The number of thiophene rings is 1. The Bertz CT molecular complexity index is 2920. The molecule has 0 N–H and O–H groups in total.